The normalized spacial score (nSPS) is 19.3. The van der Waals surface area contributed by atoms with Gasteiger partial charge >= 0.3 is 0 Å². The predicted octanol–water partition coefficient (Wildman–Crippen LogP) is 2.98. The first-order chi connectivity index (χ1) is 13.6. The molecule has 0 unspecified atom stereocenters. The van der Waals surface area contributed by atoms with Gasteiger partial charge in [0.25, 0.3) is 11.5 Å². The highest BCUT2D eigenvalue weighted by molar-refractivity contribution is 7.11. The van der Waals surface area contributed by atoms with Gasteiger partial charge in [-0.25, -0.2) is 9.67 Å². The molecule has 7 nitrogen and oxygen atoms in total. The standard InChI is InChI=1S/C20H21N5O2S/c1-13-19(28-12-22-13)20(27)23-15-4-6-16(7-5-15)25-18(26)9-8-17(24-25)14-3-2-10-21-11-14/h2-3,8-12,15-16H,4-7H2,1H3,(H,23,27). The number of nitrogens with one attached hydrogen (secondary N) is 1. The molecule has 1 amide bonds. The van der Waals surface area contributed by atoms with Gasteiger partial charge in [0.15, 0.2) is 0 Å². The van der Waals surface area contributed by atoms with Crippen LogP contribution in [-0.4, -0.2) is 31.7 Å². The fraction of sp³-hybridized carbons (Fsp3) is 0.350. The number of hydrogen-bond acceptors (Lipinski definition) is 6. The Morgan fingerprint density at radius 1 is 1.21 bits per heavy atom. The summed E-state index contributed by atoms with van der Waals surface area (Å²) in [7, 11) is 0. The first kappa shape index (κ1) is 18.5. The Labute approximate surface area is 166 Å². The molecule has 0 aliphatic heterocycles. The van der Waals surface area contributed by atoms with Gasteiger partial charge in [0.05, 0.1) is 22.9 Å². The molecular formula is C20H21N5O2S. The summed E-state index contributed by atoms with van der Waals surface area (Å²) < 4.78 is 1.59. The van der Waals surface area contributed by atoms with Crippen molar-refractivity contribution in [3.05, 3.63) is 63.1 Å². The number of carbonyl (C=O) groups is 1. The summed E-state index contributed by atoms with van der Waals surface area (Å²) in [6.45, 7) is 1.84. The summed E-state index contributed by atoms with van der Waals surface area (Å²) in [6, 6.07) is 7.24. The Balaban J connectivity index is 1.43. The Kier molecular flexibility index (Phi) is 5.29. The molecule has 1 N–H and O–H groups in total. The van der Waals surface area contributed by atoms with Crippen LogP contribution in [0.1, 0.15) is 47.1 Å². The highest BCUT2D eigenvalue weighted by Crippen LogP contribution is 2.28. The van der Waals surface area contributed by atoms with E-state index in [0.717, 1.165) is 42.6 Å². The van der Waals surface area contributed by atoms with Crippen molar-refractivity contribution in [3.63, 3.8) is 0 Å². The summed E-state index contributed by atoms with van der Waals surface area (Å²) in [5.74, 6) is -0.0580. The van der Waals surface area contributed by atoms with E-state index >= 15 is 0 Å². The second-order valence-corrected chi connectivity index (χ2v) is 7.84. The molecule has 1 aliphatic carbocycles. The van der Waals surface area contributed by atoms with Crippen LogP contribution < -0.4 is 10.9 Å². The van der Waals surface area contributed by atoms with Crippen molar-refractivity contribution in [1.29, 1.82) is 0 Å². The molecule has 3 aromatic heterocycles. The second kappa shape index (κ2) is 8.02. The molecule has 8 heteroatoms. The second-order valence-electron chi connectivity index (χ2n) is 6.99. The van der Waals surface area contributed by atoms with Gasteiger partial charge in [-0.05, 0) is 50.8 Å². The molecule has 0 radical (unpaired) electrons. The SMILES string of the molecule is Cc1ncsc1C(=O)NC1CCC(n2nc(-c3cccnc3)ccc2=O)CC1. The lowest BCUT2D eigenvalue weighted by Crippen LogP contribution is -2.39. The molecule has 1 saturated carbocycles. The fourth-order valence-corrected chi connectivity index (χ4v) is 4.30. The van der Waals surface area contributed by atoms with Gasteiger partial charge in [0.1, 0.15) is 4.88 Å². The van der Waals surface area contributed by atoms with E-state index in [1.165, 1.54) is 11.3 Å². The predicted molar refractivity (Wildman–Crippen MR) is 107 cm³/mol. The first-order valence-corrected chi connectivity index (χ1v) is 10.2. The van der Waals surface area contributed by atoms with Crippen LogP contribution in [0.25, 0.3) is 11.3 Å². The number of carbonyl (C=O) groups excluding carboxylic acids is 1. The van der Waals surface area contributed by atoms with Crippen molar-refractivity contribution in [3.8, 4) is 11.3 Å². The third-order valence-corrected chi connectivity index (χ3v) is 6.04. The minimum absolute atomic E-state index is 0.0439. The van der Waals surface area contributed by atoms with E-state index in [2.05, 4.69) is 20.4 Å². The van der Waals surface area contributed by atoms with Crippen LogP contribution in [0.4, 0.5) is 0 Å². The monoisotopic (exact) mass is 395 g/mol. The van der Waals surface area contributed by atoms with E-state index < -0.39 is 0 Å². The Morgan fingerprint density at radius 2 is 2.04 bits per heavy atom. The molecular weight excluding hydrogens is 374 g/mol. The molecule has 0 saturated heterocycles. The number of nitrogens with zero attached hydrogens (tertiary/aromatic N) is 4. The van der Waals surface area contributed by atoms with E-state index in [0.29, 0.717) is 4.88 Å². The van der Waals surface area contributed by atoms with Crippen molar-refractivity contribution in [2.24, 2.45) is 0 Å². The van der Waals surface area contributed by atoms with E-state index in [-0.39, 0.29) is 23.6 Å². The number of thiazole rings is 1. The zero-order valence-corrected chi connectivity index (χ0v) is 16.4. The number of hydrogen-bond donors (Lipinski definition) is 1. The zero-order chi connectivity index (χ0) is 19.5. The molecule has 0 bridgehead atoms. The van der Waals surface area contributed by atoms with Gasteiger partial charge in [-0.1, -0.05) is 0 Å². The maximum Gasteiger partial charge on any atom is 0.267 e. The van der Waals surface area contributed by atoms with Gasteiger partial charge in [-0.3, -0.25) is 14.6 Å². The first-order valence-electron chi connectivity index (χ1n) is 9.33. The summed E-state index contributed by atoms with van der Waals surface area (Å²) in [5.41, 5.74) is 3.98. The third kappa shape index (κ3) is 3.87. The van der Waals surface area contributed by atoms with Gasteiger partial charge in [0, 0.05) is 30.1 Å². The maximum absolute atomic E-state index is 12.4. The molecule has 1 fully saturated rings. The lowest BCUT2D eigenvalue weighted by atomic mass is 9.91. The molecule has 4 rings (SSSR count). The zero-order valence-electron chi connectivity index (χ0n) is 15.5. The van der Waals surface area contributed by atoms with Gasteiger partial charge in [0.2, 0.25) is 0 Å². The van der Waals surface area contributed by atoms with Gasteiger partial charge < -0.3 is 5.32 Å². The van der Waals surface area contributed by atoms with Crippen LogP contribution in [0.15, 0.2) is 47.0 Å². The van der Waals surface area contributed by atoms with E-state index in [4.69, 9.17) is 0 Å². The highest BCUT2D eigenvalue weighted by atomic mass is 32.1. The van der Waals surface area contributed by atoms with Crippen LogP contribution >= 0.6 is 11.3 Å². The molecule has 3 aromatic rings. The van der Waals surface area contributed by atoms with Crippen LogP contribution in [0.5, 0.6) is 0 Å². The third-order valence-electron chi connectivity index (χ3n) is 5.11. The number of pyridine rings is 1. The van der Waals surface area contributed by atoms with Crippen molar-refractivity contribution in [2.45, 2.75) is 44.7 Å². The number of amides is 1. The van der Waals surface area contributed by atoms with Crippen LogP contribution in [0.2, 0.25) is 0 Å². The quantitative estimate of drug-likeness (QED) is 0.733. The topological polar surface area (TPSA) is 89.8 Å². The molecule has 0 spiro atoms. The molecule has 3 heterocycles. The average Bonchev–Trinajstić information content (AvgIpc) is 3.16. The van der Waals surface area contributed by atoms with Gasteiger partial charge in [-0.2, -0.15) is 5.10 Å². The van der Waals surface area contributed by atoms with E-state index in [1.54, 1.807) is 34.7 Å². The summed E-state index contributed by atoms with van der Waals surface area (Å²) in [6.07, 6.45) is 6.69. The lowest BCUT2D eigenvalue weighted by Gasteiger charge is -2.29. The summed E-state index contributed by atoms with van der Waals surface area (Å²) >= 11 is 1.36. The van der Waals surface area contributed by atoms with Crippen molar-refractivity contribution < 1.29 is 4.79 Å². The smallest absolute Gasteiger partial charge is 0.267 e. The average molecular weight is 395 g/mol. The number of rotatable bonds is 4. The molecule has 28 heavy (non-hydrogen) atoms. The lowest BCUT2D eigenvalue weighted by molar-refractivity contribution is 0.0924. The molecule has 144 valence electrons. The number of aromatic nitrogens is 4. The Bertz CT molecular complexity index is 1020. The van der Waals surface area contributed by atoms with E-state index in [9.17, 15) is 9.59 Å². The molecule has 1 aliphatic rings. The summed E-state index contributed by atoms with van der Waals surface area (Å²) in [4.78, 5) is 33.7. The highest BCUT2D eigenvalue weighted by Gasteiger charge is 2.26. The van der Waals surface area contributed by atoms with E-state index in [1.807, 2.05) is 19.1 Å². The van der Waals surface area contributed by atoms with Crippen molar-refractivity contribution >= 4 is 17.2 Å². The fourth-order valence-electron chi connectivity index (χ4n) is 3.59. The van der Waals surface area contributed by atoms with Crippen LogP contribution in [0.3, 0.4) is 0 Å². The maximum atomic E-state index is 12.4. The van der Waals surface area contributed by atoms with Gasteiger partial charge in [-0.15, -0.1) is 11.3 Å². The minimum Gasteiger partial charge on any atom is -0.349 e. The van der Waals surface area contributed by atoms with Crippen LogP contribution in [0, 0.1) is 6.92 Å². The molecule has 0 atom stereocenters. The van der Waals surface area contributed by atoms with Crippen molar-refractivity contribution in [2.75, 3.05) is 0 Å². The Hall–Kier alpha value is -2.87. The Morgan fingerprint density at radius 3 is 2.71 bits per heavy atom. The minimum atomic E-state index is -0.0968. The molecule has 0 aromatic carbocycles. The largest absolute Gasteiger partial charge is 0.349 e. The number of aryl methyl sites for hydroxylation is 1. The van der Waals surface area contributed by atoms with Crippen LogP contribution in [-0.2, 0) is 0 Å². The van der Waals surface area contributed by atoms with Crippen molar-refractivity contribution in [1.82, 2.24) is 25.1 Å². The summed E-state index contributed by atoms with van der Waals surface area (Å²) in [5, 5.41) is 7.68.